The second-order valence-electron chi connectivity index (χ2n) is 4.75. The monoisotopic (exact) mass is 379 g/mol. The molecule has 0 heterocycles. The predicted octanol–water partition coefficient (Wildman–Crippen LogP) is 3.75. The van der Waals surface area contributed by atoms with Gasteiger partial charge in [-0.2, -0.15) is 0 Å². The fourth-order valence-electron chi connectivity index (χ4n) is 2.14. The largest absolute Gasteiger partial charge is 0.496 e. The van der Waals surface area contributed by atoms with Crippen molar-refractivity contribution in [3.8, 4) is 17.2 Å². The molecule has 5 nitrogen and oxygen atoms in total. The Hall–Kier alpha value is -2.21. The quantitative estimate of drug-likeness (QED) is 0.793. The van der Waals surface area contributed by atoms with Gasteiger partial charge in [-0.3, -0.25) is 4.79 Å². The summed E-state index contributed by atoms with van der Waals surface area (Å²) in [5.74, 6) is 1.72. The summed E-state index contributed by atoms with van der Waals surface area (Å²) >= 11 is 3.39. The summed E-state index contributed by atoms with van der Waals surface area (Å²) in [6.45, 7) is 0. The molecule has 0 aliphatic heterocycles. The molecule has 0 saturated heterocycles. The summed E-state index contributed by atoms with van der Waals surface area (Å²) in [6.07, 6.45) is 0. The van der Waals surface area contributed by atoms with Crippen molar-refractivity contribution in [2.24, 2.45) is 0 Å². The van der Waals surface area contributed by atoms with E-state index in [0.29, 0.717) is 28.5 Å². The van der Waals surface area contributed by atoms with Crippen LogP contribution in [0.2, 0.25) is 0 Å². The molecule has 0 bridgehead atoms. The van der Waals surface area contributed by atoms with Gasteiger partial charge in [0, 0.05) is 24.4 Å². The van der Waals surface area contributed by atoms with Crippen LogP contribution in [0.4, 0.5) is 5.69 Å². The first-order valence-electron chi connectivity index (χ1n) is 6.85. The van der Waals surface area contributed by atoms with E-state index in [1.54, 1.807) is 69.7 Å². The molecule has 1 amide bonds. The maximum atomic E-state index is 12.6. The summed E-state index contributed by atoms with van der Waals surface area (Å²) in [4.78, 5) is 14.2. The van der Waals surface area contributed by atoms with Crippen LogP contribution < -0.4 is 19.1 Å². The van der Waals surface area contributed by atoms with Crippen LogP contribution in [0.1, 0.15) is 10.4 Å². The highest BCUT2D eigenvalue weighted by molar-refractivity contribution is 9.10. The molecule has 2 rings (SSSR count). The number of carbonyl (C=O) groups is 1. The van der Waals surface area contributed by atoms with Crippen molar-refractivity contribution < 1.29 is 19.0 Å². The molecule has 23 heavy (non-hydrogen) atoms. The van der Waals surface area contributed by atoms with Crippen LogP contribution in [0, 0.1) is 0 Å². The van der Waals surface area contributed by atoms with Gasteiger partial charge in [0.05, 0.1) is 25.8 Å². The highest BCUT2D eigenvalue weighted by atomic mass is 79.9. The molecule has 6 heteroatoms. The minimum atomic E-state index is -0.138. The van der Waals surface area contributed by atoms with Gasteiger partial charge in [0.1, 0.15) is 5.75 Å². The molecule has 2 aromatic carbocycles. The number of hydrogen-bond acceptors (Lipinski definition) is 4. The van der Waals surface area contributed by atoms with Crippen molar-refractivity contribution in [1.82, 2.24) is 0 Å². The van der Waals surface area contributed by atoms with Crippen molar-refractivity contribution in [3.05, 3.63) is 46.4 Å². The molecule has 0 aromatic heterocycles. The molecule has 0 spiro atoms. The first-order valence-corrected chi connectivity index (χ1v) is 7.64. The molecule has 0 atom stereocenters. The van der Waals surface area contributed by atoms with E-state index in [-0.39, 0.29) is 5.91 Å². The van der Waals surface area contributed by atoms with E-state index in [9.17, 15) is 4.79 Å². The van der Waals surface area contributed by atoms with Crippen molar-refractivity contribution in [3.63, 3.8) is 0 Å². The van der Waals surface area contributed by atoms with Crippen molar-refractivity contribution in [2.45, 2.75) is 0 Å². The van der Waals surface area contributed by atoms with E-state index in [2.05, 4.69) is 15.9 Å². The van der Waals surface area contributed by atoms with Crippen LogP contribution in [0.3, 0.4) is 0 Å². The van der Waals surface area contributed by atoms with Gasteiger partial charge in [0.2, 0.25) is 0 Å². The summed E-state index contributed by atoms with van der Waals surface area (Å²) in [7, 11) is 6.42. The van der Waals surface area contributed by atoms with E-state index >= 15 is 0 Å². The molecule has 0 unspecified atom stereocenters. The zero-order valence-electron chi connectivity index (χ0n) is 13.4. The number of nitrogens with zero attached hydrogens (tertiary/aromatic N) is 1. The van der Waals surface area contributed by atoms with Gasteiger partial charge in [-0.05, 0) is 46.3 Å². The molecule has 2 aromatic rings. The normalized spacial score (nSPS) is 10.1. The van der Waals surface area contributed by atoms with Crippen LogP contribution in [-0.2, 0) is 0 Å². The van der Waals surface area contributed by atoms with E-state index in [4.69, 9.17) is 14.2 Å². The second kappa shape index (κ2) is 7.37. The number of hydrogen-bond donors (Lipinski definition) is 0. The Morgan fingerprint density at radius 3 is 2.09 bits per heavy atom. The maximum Gasteiger partial charge on any atom is 0.258 e. The Bertz CT molecular complexity index is 718. The maximum absolute atomic E-state index is 12.6. The number of amides is 1. The Kier molecular flexibility index (Phi) is 5.50. The highest BCUT2D eigenvalue weighted by Crippen LogP contribution is 2.32. The first kappa shape index (κ1) is 17.1. The van der Waals surface area contributed by atoms with Gasteiger partial charge in [0.15, 0.2) is 11.5 Å². The molecule has 0 N–H and O–H groups in total. The summed E-state index contributed by atoms with van der Waals surface area (Å²) in [6, 6.07) is 10.5. The van der Waals surface area contributed by atoms with Crippen LogP contribution in [0.25, 0.3) is 0 Å². The Morgan fingerprint density at radius 1 is 0.913 bits per heavy atom. The standard InChI is InChI=1S/C17H18BrNO4/c1-19(12-6-8-15(22-3)16(10-12)23-4)17(20)11-5-7-14(21-2)13(18)9-11/h5-10H,1-4H3. The fraction of sp³-hybridized carbons (Fsp3) is 0.235. The third kappa shape index (κ3) is 3.59. The van der Waals surface area contributed by atoms with E-state index < -0.39 is 0 Å². The highest BCUT2D eigenvalue weighted by Gasteiger charge is 2.16. The predicted molar refractivity (Wildman–Crippen MR) is 93.0 cm³/mol. The Balaban J connectivity index is 2.30. The summed E-state index contributed by atoms with van der Waals surface area (Å²) in [5, 5.41) is 0. The summed E-state index contributed by atoms with van der Waals surface area (Å²) < 4.78 is 16.4. The lowest BCUT2D eigenvalue weighted by Gasteiger charge is -2.19. The van der Waals surface area contributed by atoms with Gasteiger partial charge in [0.25, 0.3) is 5.91 Å². The topological polar surface area (TPSA) is 48.0 Å². The fourth-order valence-corrected chi connectivity index (χ4v) is 2.68. The SMILES string of the molecule is COc1ccc(C(=O)N(C)c2ccc(OC)c(OC)c2)cc1Br. The second-order valence-corrected chi connectivity index (χ2v) is 5.61. The number of carbonyl (C=O) groups excluding carboxylic acids is 1. The number of halogens is 1. The van der Waals surface area contributed by atoms with Crippen molar-refractivity contribution in [1.29, 1.82) is 0 Å². The lowest BCUT2D eigenvalue weighted by molar-refractivity contribution is 0.0993. The average Bonchev–Trinajstić information content (AvgIpc) is 2.59. The third-order valence-electron chi connectivity index (χ3n) is 3.46. The number of benzene rings is 2. The molecule has 122 valence electrons. The smallest absolute Gasteiger partial charge is 0.258 e. The van der Waals surface area contributed by atoms with Crippen molar-refractivity contribution in [2.75, 3.05) is 33.3 Å². The van der Waals surface area contributed by atoms with Crippen molar-refractivity contribution >= 4 is 27.5 Å². The van der Waals surface area contributed by atoms with Gasteiger partial charge < -0.3 is 19.1 Å². The molecule has 0 aliphatic rings. The zero-order chi connectivity index (χ0) is 17.0. The zero-order valence-corrected chi connectivity index (χ0v) is 15.0. The molecule has 0 radical (unpaired) electrons. The molecule has 0 fully saturated rings. The van der Waals surface area contributed by atoms with E-state index in [0.717, 1.165) is 4.47 Å². The lowest BCUT2D eigenvalue weighted by Crippen LogP contribution is -2.26. The molecular formula is C17H18BrNO4. The number of rotatable bonds is 5. The van der Waals surface area contributed by atoms with Crippen LogP contribution in [0.15, 0.2) is 40.9 Å². The van der Waals surface area contributed by atoms with Crippen LogP contribution in [0.5, 0.6) is 17.2 Å². The molecular weight excluding hydrogens is 362 g/mol. The van der Waals surface area contributed by atoms with Gasteiger partial charge >= 0.3 is 0 Å². The minimum Gasteiger partial charge on any atom is -0.496 e. The van der Waals surface area contributed by atoms with Gasteiger partial charge in [-0.15, -0.1) is 0 Å². The van der Waals surface area contributed by atoms with Crippen LogP contribution >= 0.6 is 15.9 Å². The Morgan fingerprint density at radius 2 is 1.52 bits per heavy atom. The number of anilines is 1. The molecule has 0 aliphatic carbocycles. The minimum absolute atomic E-state index is 0.138. The molecule has 0 saturated carbocycles. The number of ether oxygens (including phenoxy) is 3. The average molecular weight is 380 g/mol. The van der Waals surface area contributed by atoms with Crippen LogP contribution in [-0.4, -0.2) is 34.3 Å². The van der Waals surface area contributed by atoms with E-state index in [1.165, 1.54) is 0 Å². The van der Waals surface area contributed by atoms with Gasteiger partial charge in [-0.25, -0.2) is 0 Å². The Labute approximate surface area is 143 Å². The summed E-state index contributed by atoms with van der Waals surface area (Å²) in [5.41, 5.74) is 1.26. The van der Waals surface area contributed by atoms with E-state index in [1.807, 2.05) is 0 Å². The third-order valence-corrected chi connectivity index (χ3v) is 4.08. The lowest BCUT2D eigenvalue weighted by atomic mass is 10.1. The first-order chi connectivity index (χ1) is 11.0. The number of methoxy groups -OCH3 is 3. The van der Waals surface area contributed by atoms with Gasteiger partial charge in [-0.1, -0.05) is 0 Å².